The van der Waals surface area contributed by atoms with E-state index in [0.717, 1.165) is 114 Å². The molecule has 93 heavy (non-hydrogen) atoms. The summed E-state index contributed by atoms with van der Waals surface area (Å²) in [7, 11) is -9.91. The Morgan fingerprint density at radius 2 is 0.516 bits per heavy atom. The maximum absolute atomic E-state index is 13.1. The van der Waals surface area contributed by atoms with Gasteiger partial charge in [-0.3, -0.25) is 37.3 Å². The first-order valence-electron chi connectivity index (χ1n) is 38.2. The number of phosphoric ester groups is 2. The number of esters is 4. The number of aliphatic hydroxyl groups excluding tert-OH is 1. The summed E-state index contributed by atoms with van der Waals surface area (Å²) in [5.41, 5.74) is 0. The molecule has 0 saturated heterocycles. The van der Waals surface area contributed by atoms with Crippen LogP contribution in [0.25, 0.3) is 0 Å². The highest BCUT2D eigenvalue weighted by Crippen LogP contribution is 2.45. The Hall–Kier alpha value is -1.94. The number of aliphatic hydroxyl groups is 1. The van der Waals surface area contributed by atoms with Gasteiger partial charge in [-0.2, -0.15) is 0 Å². The second-order valence-corrected chi connectivity index (χ2v) is 31.3. The van der Waals surface area contributed by atoms with Crippen molar-refractivity contribution < 1.29 is 80.2 Å². The SMILES string of the molecule is CCC(C)CCCCCCCCCCC(=O)OC[C@H](COP(=O)(O)OCC(O)COP(=O)(O)OC[C@@H](COC(=O)CCCCCCCCCCC(C)C)OC(=O)CCCCCCCCCCCCC(C)C)OC(=O)CCCCCCCCCCCCCCCCC(C)C. The van der Waals surface area contributed by atoms with E-state index in [1.165, 1.54) is 173 Å². The summed E-state index contributed by atoms with van der Waals surface area (Å²) < 4.78 is 68.5. The van der Waals surface area contributed by atoms with Crippen molar-refractivity contribution in [1.82, 2.24) is 0 Å². The first kappa shape index (κ1) is 91.1. The Morgan fingerprint density at radius 1 is 0.301 bits per heavy atom. The molecule has 0 aromatic heterocycles. The number of hydrogen-bond donors (Lipinski definition) is 3. The Bertz CT molecular complexity index is 1840. The summed E-state index contributed by atoms with van der Waals surface area (Å²) in [5, 5.41) is 10.6. The van der Waals surface area contributed by atoms with Crippen LogP contribution in [0.5, 0.6) is 0 Å². The van der Waals surface area contributed by atoms with E-state index in [-0.39, 0.29) is 25.7 Å². The molecule has 0 heterocycles. The van der Waals surface area contributed by atoms with Crippen molar-refractivity contribution in [1.29, 1.82) is 0 Å². The number of phosphoric acid groups is 2. The third-order valence-electron chi connectivity index (χ3n) is 17.4. The Balaban J connectivity index is 5.26. The molecular formula is C74H144O17P2. The molecule has 0 radical (unpaired) electrons. The quantitative estimate of drug-likeness (QED) is 0.0222. The van der Waals surface area contributed by atoms with Gasteiger partial charge in [0.2, 0.25) is 0 Å². The molecule has 17 nitrogen and oxygen atoms in total. The molecule has 0 bridgehead atoms. The molecule has 552 valence electrons. The highest BCUT2D eigenvalue weighted by molar-refractivity contribution is 7.47. The largest absolute Gasteiger partial charge is 0.472 e. The van der Waals surface area contributed by atoms with Gasteiger partial charge >= 0.3 is 39.5 Å². The van der Waals surface area contributed by atoms with E-state index >= 15 is 0 Å². The van der Waals surface area contributed by atoms with Gasteiger partial charge in [0.05, 0.1) is 26.4 Å². The zero-order valence-corrected chi connectivity index (χ0v) is 62.7. The summed E-state index contributed by atoms with van der Waals surface area (Å²) in [6, 6.07) is 0. The monoisotopic (exact) mass is 1370 g/mol. The Kier molecular flexibility index (Phi) is 62.2. The zero-order valence-electron chi connectivity index (χ0n) is 60.9. The minimum Gasteiger partial charge on any atom is -0.462 e. The smallest absolute Gasteiger partial charge is 0.462 e. The average molecular weight is 1370 g/mol. The van der Waals surface area contributed by atoms with Crippen molar-refractivity contribution in [3.8, 4) is 0 Å². The van der Waals surface area contributed by atoms with E-state index in [2.05, 4.69) is 55.4 Å². The van der Waals surface area contributed by atoms with E-state index in [1.54, 1.807) is 0 Å². The van der Waals surface area contributed by atoms with Crippen molar-refractivity contribution in [3.63, 3.8) is 0 Å². The van der Waals surface area contributed by atoms with E-state index in [4.69, 9.17) is 37.0 Å². The summed E-state index contributed by atoms with van der Waals surface area (Å²) in [5.74, 6) is 0.927. The third kappa shape index (κ3) is 67.0. The molecule has 0 spiro atoms. The van der Waals surface area contributed by atoms with Crippen molar-refractivity contribution >= 4 is 39.5 Å². The van der Waals surface area contributed by atoms with Gasteiger partial charge in [0, 0.05) is 25.7 Å². The van der Waals surface area contributed by atoms with Gasteiger partial charge in [0.25, 0.3) is 0 Å². The molecule has 0 aliphatic rings. The number of hydrogen-bond acceptors (Lipinski definition) is 15. The topological polar surface area (TPSA) is 237 Å². The molecule has 3 N–H and O–H groups in total. The van der Waals surface area contributed by atoms with E-state index in [0.29, 0.717) is 25.7 Å². The predicted octanol–water partition coefficient (Wildman–Crippen LogP) is 21.3. The fourth-order valence-corrected chi connectivity index (χ4v) is 12.7. The molecule has 0 aliphatic heterocycles. The van der Waals surface area contributed by atoms with Gasteiger partial charge in [-0.1, -0.05) is 319 Å². The van der Waals surface area contributed by atoms with E-state index < -0.39 is 97.5 Å². The lowest BCUT2D eigenvalue weighted by Gasteiger charge is -2.21. The van der Waals surface area contributed by atoms with Gasteiger partial charge in [0.1, 0.15) is 19.3 Å². The molecule has 0 saturated carbocycles. The fourth-order valence-electron chi connectivity index (χ4n) is 11.2. The molecule has 6 atom stereocenters. The second-order valence-electron chi connectivity index (χ2n) is 28.4. The second kappa shape index (κ2) is 63.5. The average Bonchev–Trinajstić information content (AvgIpc) is 3.57. The van der Waals surface area contributed by atoms with Crippen molar-refractivity contribution in [3.05, 3.63) is 0 Å². The predicted molar refractivity (Wildman–Crippen MR) is 377 cm³/mol. The minimum atomic E-state index is -4.96. The maximum Gasteiger partial charge on any atom is 0.472 e. The first-order valence-corrected chi connectivity index (χ1v) is 41.2. The van der Waals surface area contributed by atoms with Crippen LogP contribution >= 0.6 is 15.6 Å². The van der Waals surface area contributed by atoms with Crippen LogP contribution in [0.3, 0.4) is 0 Å². The summed E-state index contributed by atoms with van der Waals surface area (Å²) >= 11 is 0. The highest BCUT2D eigenvalue weighted by atomic mass is 31.2. The zero-order chi connectivity index (χ0) is 68.9. The van der Waals surface area contributed by atoms with Gasteiger partial charge in [-0.05, 0) is 49.4 Å². The summed E-state index contributed by atoms with van der Waals surface area (Å²) in [4.78, 5) is 72.7. The van der Waals surface area contributed by atoms with Gasteiger partial charge < -0.3 is 33.8 Å². The van der Waals surface area contributed by atoms with Crippen molar-refractivity contribution in [2.75, 3.05) is 39.6 Å². The van der Waals surface area contributed by atoms with Crippen molar-refractivity contribution in [2.45, 2.75) is 388 Å². The first-order chi connectivity index (χ1) is 44.6. The van der Waals surface area contributed by atoms with Gasteiger partial charge in [-0.25, -0.2) is 9.13 Å². The lowest BCUT2D eigenvalue weighted by molar-refractivity contribution is -0.161. The van der Waals surface area contributed by atoms with Crippen LogP contribution in [-0.2, 0) is 65.4 Å². The Morgan fingerprint density at radius 3 is 0.763 bits per heavy atom. The van der Waals surface area contributed by atoms with Crippen LogP contribution in [0, 0.1) is 23.7 Å². The molecule has 4 unspecified atom stereocenters. The maximum atomic E-state index is 13.1. The van der Waals surface area contributed by atoms with Crippen LogP contribution in [-0.4, -0.2) is 96.7 Å². The van der Waals surface area contributed by atoms with Crippen LogP contribution in [0.2, 0.25) is 0 Å². The molecule has 0 fully saturated rings. The molecule has 0 amide bonds. The fraction of sp³-hybridized carbons (Fsp3) is 0.946. The number of rotatable bonds is 71. The molecular weight excluding hydrogens is 1220 g/mol. The number of carbonyl (C=O) groups is 4. The Labute approximate surface area is 568 Å². The molecule has 0 aromatic rings. The molecule has 0 aliphatic carbocycles. The highest BCUT2D eigenvalue weighted by Gasteiger charge is 2.30. The standard InChI is InChI=1S/C74H144O17P2/c1-9-67(8)53-45-37-29-23-25-31-39-47-55-72(77)85-61-70(90-73(78)56-48-40-32-20-15-13-11-10-12-14-18-26-34-42-50-64(2)3)63-89-93(82,83)87-59-68(75)58-86-92(80,81)88-62-69(60-84-71(76)54-46-38-30-24-22-28-36-44-52-66(6)7)91-74(79)57-49-41-33-21-17-16-19-27-35-43-51-65(4)5/h64-70,75H,9-63H2,1-8H3,(H,80,81)(H,82,83)/t67?,68?,69-,70-/m1/s1. The van der Waals surface area contributed by atoms with Crippen LogP contribution in [0.15, 0.2) is 0 Å². The lowest BCUT2D eigenvalue weighted by Crippen LogP contribution is -2.30. The van der Waals surface area contributed by atoms with Gasteiger partial charge in [-0.15, -0.1) is 0 Å². The molecule has 0 aromatic carbocycles. The molecule has 19 heteroatoms. The lowest BCUT2D eigenvalue weighted by atomic mass is 9.99. The van der Waals surface area contributed by atoms with Crippen LogP contribution < -0.4 is 0 Å². The van der Waals surface area contributed by atoms with Crippen LogP contribution in [0.1, 0.15) is 370 Å². The number of carbonyl (C=O) groups excluding carboxylic acids is 4. The van der Waals surface area contributed by atoms with E-state index in [9.17, 15) is 43.2 Å². The molecule has 0 rings (SSSR count). The third-order valence-corrected chi connectivity index (χ3v) is 19.3. The van der Waals surface area contributed by atoms with E-state index in [1.807, 2.05) is 0 Å². The number of ether oxygens (including phenoxy) is 4. The van der Waals surface area contributed by atoms with Crippen molar-refractivity contribution in [2.24, 2.45) is 23.7 Å². The number of unbranched alkanes of at least 4 members (excludes halogenated alkanes) is 36. The normalized spacial score (nSPS) is 14.5. The summed E-state index contributed by atoms with van der Waals surface area (Å²) in [6.07, 6.45) is 47.1. The van der Waals surface area contributed by atoms with Gasteiger partial charge in [0.15, 0.2) is 12.2 Å². The summed E-state index contributed by atoms with van der Waals surface area (Å²) in [6.45, 7) is 14.2. The minimum absolute atomic E-state index is 0.105. The van der Waals surface area contributed by atoms with Crippen LogP contribution in [0.4, 0.5) is 0 Å².